The predicted octanol–water partition coefficient (Wildman–Crippen LogP) is 2.02. The van der Waals surface area contributed by atoms with E-state index in [4.69, 9.17) is 0 Å². The summed E-state index contributed by atoms with van der Waals surface area (Å²) in [5.74, 6) is 1.49. The average Bonchev–Trinajstić information content (AvgIpc) is 2.58. The molecule has 1 heterocycles. The van der Waals surface area contributed by atoms with Crippen LogP contribution >= 0.6 is 11.5 Å². The third-order valence-electron chi connectivity index (χ3n) is 2.85. The van der Waals surface area contributed by atoms with Crippen LogP contribution < -0.4 is 5.32 Å². The summed E-state index contributed by atoms with van der Waals surface area (Å²) in [4.78, 5) is 4.46. The Morgan fingerprint density at radius 2 is 2.12 bits per heavy atom. The Hall–Kier alpha value is -0.680. The zero-order valence-electron chi connectivity index (χ0n) is 10.0. The molecule has 90 valence electrons. The van der Waals surface area contributed by atoms with Gasteiger partial charge < -0.3 is 10.4 Å². The largest absolute Gasteiger partial charge is 0.393 e. The molecule has 0 aliphatic heterocycles. The van der Waals surface area contributed by atoms with Crippen LogP contribution in [-0.2, 0) is 5.41 Å². The number of hydrogen-bond acceptors (Lipinski definition) is 5. The first kappa shape index (κ1) is 11.8. The molecule has 0 unspecified atom stereocenters. The highest BCUT2D eigenvalue weighted by molar-refractivity contribution is 7.09. The molecule has 0 radical (unpaired) electrons. The molecule has 2 rings (SSSR count). The maximum Gasteiger partial charge on any atom is 0.202 e. The lowest BCUT2D eigenvalue weighted by atomic mass is 9.82. The van der Waals surface area contributed by atoms with Gasteiger partial charge in [-0.1, -0.05) is 20.8 Å². The maximum absolute atomic E-state index is 9.17. The normalized spacial score (nSPS) is 25.2. The highest BCUT2D eigenvalue weighted by Crippen LogP contribution is 2.28. The zero-order valence-corrected chi connectivity index (χ0v) is 10.8. The zero-order chi connectivity index (χ0) is 11.8. The Morgan fingerprint density at radius 1 is 1.44 bits per heavy atom. The molecule has 5 heteroatoms. The number of nitrogens with one attached hydrogen (secondary N) is 1. The predicted molar refractivity (Wildman–Crippen MR) is 65.8 cm³/mol. The van der Waals surface area contributed by atoms with Crippen molar-refractivity contribution in [1.82, 2.24) is 9.36 Å². The van der Waals surface area contributed by atoms with E-state index in [1.807, 2.05) is 0 Å². The molecule has 1 saturated carbocycles. The van der Waals surface area contributed by atoms with Crippen LogP contribution in [0.15, 0.2) is 0 Å². The number of nitrogens with zero attached hydrogens (tertiary/aromatic N) is 2. The fourth-order valence-corrected chi connectivity index (χ4v) is 2.46. The molecule has 4 nitrogen and oxygen atoms in total. The van der Waals surface area contributed by atoms with Crippen LogP contribution in [-0.4, -0.2) is 27.1 Å². The summed E-state index contributed by atoms with van der Waals surface area (Å²) in [6, 6.07) is 0. The van der Waals surface area contributed by atoms with E-state index in [1.54, 1.807) is 0 Å². The van der Waals surface area contributed by atoms with Gasteiger partial charge in [0.25, 0.3) is 0 Å². The summed E-state index contributed by atoms with van der Waals surface area (Å²) in [6.07, 6.45) is 1.75. The van der Waals surface area contributed by atoms with Gasteiger partial charge in [-0.25, -0.2) is 4.98 Å². The summed E-state index contributed by atoms with van der Waals surface area (Å²) >= 11 is 1.42. The van der Waals surface area contributed by atoms with Gasteiger partial charge in [0, 0.05) is 23.5 Å². The molecule has 16 heavy (non-hydrogen) atoms. The van der Waals surface area contributed by atoms with E-state index in [0.29, 0.717) is 5.92 Å². The minimum atomic E-state index is -0.0774. The molecular weight excluding hydrogens is 222 g/mol. The van der Waals surface area contributed by atoms with E-state index >= 15 is 0 Å². The molecule has 1 fully saturated rings. The third kappa shape index (κ3) is 2.71. The smallest absolute Gasteiger partial charge is 0.202 e. The lowest BCUT2D eigenvalue weighted by Gasteiger charge is -2.31. The molecule has 0 aromatic carbocycles. The summed E-state index contributed by atoms with van der Waals surface area (Å²) in [7, 11) is 0. The Labute approximate surface area is 100 Å². The van der Waals surface area contributed by atoms with Crippen molar-refractivity contribution in [3.05, 3.63) is 5.82 Å². The molecule has 2 N–H and O–H groups in total. The quantitative estimate of drug-likeness (QED) is 0.850. The fraction of sp³-hybridized carbons (Fsp3) is 0.818. The van der Waals surface area contributed by atoms with Crippen molar-refractivity contribution in [3.8, 4) is 0 Å². The van der Waals surface area contributed by atoms with Crippen molar-refractivity contribution in [3.63, 3.8) is 0 Å². The van der Waals surface area contributed by atoms with Gasteiger partial charge >= 0.3 is 0 Å². The molecule has 0 atom stereocenters. The van der Waals surface area contributed by atoms with Crippen LogP contribution in [0.25, 0.3) is 0 Å². The van der Waals surface area contributed by atoms with E-state index in [0.717, 1.165) is 30.3 Å². The van der Waals surface area contributed by atoms with Crippen LogP contribution in [0.1, 0.15) is 39.4 Å². The van der Waals surface area contributed by atoms with Gasteiger partial charge in [-0.3, -0.25) is 0 Å². The van der Waals surface area contributed by atoms with Crippen LogP contribution in [0.4, 0.5) is 5.13 Å². The topological polar surface area (TPSA) is 58.0 Å². The maximum atomic E-state index is 9.17. The monoisotopic (exact) mass is 241 g/mol. The fourth-order valence-electron chi connectivity index (χ4n) is 1.70. The minimum absolute atomic E-state index is 0.0170. The van der Waals surface area contributed by atoms with Crippen molar-refractivity contribution in [2.75, 3.05) is 11.9 Å². The second-order valence-corrected chi connectivity index (χ2v) is 6.30. The van der Waals surface area contributed by atoms with E-state index in [-0.39, 0.29) is 11.5 Å². The Morgan fingerprint density at radius 3 is 2.62 bits per heavy atom. The molecule has 0 amide bonds. The van der Waals surface area contributed by atoms with Crippen LogP contribution in [0.3, 0.4) is 0 Å². The molecular formula is C11H19N3OS. The first-order valence-corrected chi connectivity index (χ1v) is 6.48. The van der Waals surface area contributed by atoms with Gasteiger partial charge in [-0.05, 0) is 18.8 Å². The first-order valence-electron chi connectivity index (χ1n) is 5.71. The van der Waals surface area contributed by atoms with Crippen molar-refractivity contribution >= 4 is 16.7 Å². The molecule has 0 saturated heterocycles. The standard InChI is InChI=1S/C11H19N3OS/c1-11(2,3)9-13-10(16-14-9)12-6-7-4-8(15)5-7/h7-8,15H,4-6H2,1-3H3,(H,12,13,14). The number of aliphatic hydroxyl groups is 1. The SMILES string of the molecule is CC(C)(C)c1nsc(NCC2CC(O)C2)n1. The van der Waals surface area contributed by atoms with E-state index in [2.05, 4.69) is 35.4 Å². The van der Waals surface area contributed by atoms with Crippen LogP contribution in [0.2, 0.25) is 0 Å². The number of aliphatic hydroxyl groups excluding tert-OH is 1. The Balaban J connectivity index is 1.84. The van der Waals surface area contributed by atoms with Crippen LogP contribution in [0.5, 0.6) is 0 Å². The van der Waals surface area contributed by atoms with Gasteiger partial charge in [0.05, 0.1) is 6.10 Å². The minimum Gasteiger partial charge on any atom is -0.393 e. The van der Waals surface area contributed by atoms with Gasteiger partial charge in [0.15, 0.2) is 0 Å². The van der Waals surface area contributed by atoms with Crippen molar-refractivity contribution < 1.29 is 5.11 Å². The summed E-state index contributed by atoms with van der Waals surface area (Å²) in [6.45, 7) is 7.24. The molecule has 1 aromatic heterocycles. The van der Waals surface area contributed by atoms with Gasteiger partial charge in [-0.15, -0.1) is 0 Å². The first-order chi connectivity index (χ1) is 7.45. The highest BCUT2D eigenvalue weighted by Gasteiger charge is 2.27. The number of hydrogen-bond donors (Lipinski definition) is 2. The molecule has 1 aliphatic carbocycles. The van der Waals surface area contributed by atoms with Gasteiger partial charge in [0.2, 0.25) is 5.13 Å². The van der Waals surface area contributed by atoms with E-state index < -0.39 is 0 Å². The lowest BCUT2D eigenvalue weighted by Crippen LogP contribution is -2.33. The third-order valence-corrected chi connectivity index (χ3v) is 3.52. The lowest BCUT2D eigenvalue weighted by molar-refractivity contribution is 0.0487. The molecule has 1 aromatic rings. The molecule has 0 spiro atoms. The Bertz CT molecular complexity index is 352. The average molecular weight is 241 g/mol. The van der Waals surface area contributed by atoms with Crippen molar-refractivity contribution in [2.45, 2.75) is 45.1 Å². The van der Waals surface area contributed by atoms with Crippen molar-refractivity contribution in [1.29, 1.82) is 0 Å². The molecule has 0 bridgehead atoms. The highest BCUT2D eigenvalue weighted by atomic mass is 32.1. The second-order valence-electron chi connectivity index (χ2n) is 5.55. The summed E-state index contributed by atoms with van der Waals surface area (Å²) in [5, 5.41) is 13.4. The summed E-state index contributed by atoms with van der Waals surface area (Å²) < 4.78 is 4.34. The van der Waals surface area contributed by atoms with E-state index in [9.17, 15) is 5.11 Å². The summed E-state index contributed by atoms with van der Waals surface area (Å²) in [5.41, 5.74) is 0.0170. The molecule has 1 aliphatic rings. The number of rotatable bonds is 3. The van der Waals surface area contributed by atoms with Crippen molar-refractivity contribution in [2.24, 2.45) is 5.92 Å². The van der Waals surface area contributed by atoms with Gasteiger partial charge in [-0.2, -0.15) is 4.37 Å². The Kier molecular flexibility index (Phi) is 3.17. The van der Waals surface area contributed by atoms with E-state index in [1.165, 1.54) is 11.5 Å². The van der Waals surface area contributed by atoms with Crippen LogP contribution in [0, 0.1) is 5.92 Å². The number of anilines is 1. The van der Waals surface area contributed by atoms with Gasteiger partial charge in [0.1, 0.15) is 5.82 Å². The second kappa shape index (κ2) is 4.30. The number of aromatic nitrogens is 2.